The number of rotatable bonds is 4. The average molecular weight is 347 g/mol. The van der Waals surface area contributed by atoms with Gasteiger partial charge in [0, 0.05) is 40.2 Å². The second-order valence-corrected chi connectivity index (χ2v) is 6.26. The zero-order chi connectivity index (χ0) is 14.7. The second-order valence-electron chi connectivity index (χ2n) is 5.35. The number of nitrogens with one attached hydrogen (secondary N) is 1. The molecule has 0 saturated heterocycles. The van der Waals surface area contributed by atoms with E-state index < -0.39 is 0 Å². The van der Waals surface area contributed by atoms with Crippen LogP contribution >= 0.6 is 15.9 Å². The van der Waals surface area contributed by atoms with Gasteiger partial charge in [-0.1, -0.05) is 6.92 Å². The van der Waals surface area contributed by atoms with Gasteiger partial charge in [-0.25, -0.2) is 9.97 Å². The molecule has 2 aromatic rings. The predicted molar refractivity (Wildman–Crippen MR) is 88.4 cm³/mol. The monoisotopic (exact) mass is 346 g/mol. The van der Waals surface area contributed by atoms with Crippen LogP contribution in [0.25, 0.3) is 11.4 Å². The first-order valence-electron chi connectivity index (χ1n) is 7.52. The van der Waals surface area contributed by atoms with Crippen LogP contribution in [0, 0.1) is 0 Å². The molecule has 0 fully saturated rings. The minimum atomic E-state index is 0.767. The van der Waals surface area contributed by atoms with Crippen LogP contribution in [0.15, 0.2) is 22.9 Å². The van der Waals surface area contributed by atoms with Crippen LogP contribution in [0.5, 0.6) is 0 Å². The Balaban J connectivity index is 2.05. The Morgan fingerprint density at radius 2 is 2.05 bits per heavy atom. The van der Waals surface area contributed by atoms with Gasteiger partial charge in [0.1, 0.15) is 5.82 Å². The maximum atomic E-state index is 4.78. The van der Waals surface area contributed by atoms with E-state index in [1.54, 1.807) is 6.20 Å². The summed E-state index contributed by atoms with van der Waals surface area (Å²) in [6.45, 7) is 3.11. The van der Waals surface area contributed by atoms with E-state index >= 15 is 0 Å². The highest BCUT2D eigenvalue weighted by atomic mass is 79.9. The minimum Gasteiger partial charge on any atom is -0.370 e. The molecule has 110 valence electrons. The van der Waals surface area contributed by atoms with Gasteiger partial charge in [-0.2, -0.15) is 0 Å². The highest BCUT2D eigenvalue weighted by Gasteiger charge is 2.18. The topological polar surface area (TPSA) is 50.7 Å². The first kappa shape index (κ1) is 14.4. The predicted octanol–water partition coefficient (Wildman–Crippen LogP) is 4.00. The molecule has 0 spiro atoms. The Bertz CT molecular complexity index is 642. The average Bonchev–Trinajstić information content (AvgIpc) is 2.52. The molecule has 3 rings (SSSR count). The summed E-state index contributed by atoms with van der Waals surface area (Å²) in [5.74, 6) is 1.78. The van der Waals surface area contributed by atoms with Gasteiger partial charge < -0.3 is 5.32 Å². The molecule has 1 N–H and O–H groups in total. The standard InChI is InChI=1S/C16H19BrN4/c1-2-7-19-16-13-5-3-4-6-14(13)20-15(21-16)11-8-12(17)10-18-9-11/h8-10H,2-7H2,1H3,(H,19,20,21). The molecule has 0 atom stereocenters. The molecule has 1 aliphatic rings. The Morgan fingerprint density at radius 3 is 2.86 bits per heavy atom. The van der Waals surface area contributed by atoms with Crippen molar-refractivity contribution in [3.05, 3.63) is 34.2 Å². The zero-order valence-electron chi connectivity index (χ0n) is 12.2. The summed E-state index contributed by atoms with van der Waals surface area (Å²) < 4.78 is 0.949. The third kappa shape index (κ3) is 3.23. The molecular formula is C16H19BrN4. The van der Waals surface area contributed by atoms with E-state index in [2.05, 4.69) is 33.2 Å². The molecular weight excluding hydrogens is 328 g/mol. The Labute approximate surface area is 133 Å². The van der Waals surface area contributed by atoms with Crippen LogP contribution < -0.4 is 5.32 Å². The first-order valence-corrected chi connectivity index (χ1v) is 8.32. The van der Waals surface area contributed by atoms with E-state index in [4.69, 9.17) is 9.97 Å². The lowest BCUT2D eigenvalue weighted by Crippen LogP contribution is -2.14. The van der Waals surface area contributed by atoms with Crippen molar-refractivity contribution in [1.82, 2.24) is 15.0 Å². The van der Waals surface area contributed by atoms with E-state index in [1.165, 1.54) is 24.1 Å². The molecule has 5 heteroatoms. The van der Waals surface area contributed by atoms with Crippen molar-refractivity contribution in [3.63, 3.8) is 0 Å². The van der Waals surface area contributed by atoms with E-state index in [-0.39, 0.29) is 0 Å². The van der Waals surface area contributed by atoms with E-state index in [0.29, 0.717) is 0 Å². The number of nitrogens with zero attached hydrogens (tertiary/aromatic N) is 3. The van der Waals surface area contributed by atoms with Crippen LogP contribution in [0.1, 0.15) is 37.4 Å². The molecule has 21 heavy (non-hydrogen) atoms. The van der Waals surface area contributed by atoms with Crippen molar-refractivity contribution in [2.75, 3.05) is 11.9 Å². The number of aromatic nitrogens is 3. The van der Waals surface area contributed by atoms with Gasteiger partial charge in [-0.3, -0.25) is 4.98 Å². The molecule has 0 aromatic carbocycles. The summed E-state index contributed by atoms with van der Waals surface area (Å²) in [6, 6.07) is 2.02. The van der Waals surface area contributed by atoms with Crippen molar-refractivity contribution in [2.45, 2.75) is 39.0 Å². The molecule has 2 heterocycles. The van der Waals surface area contributed by atoms with Crippen LogP contribution in [-0.4, -0.2) is 21.5 Å². The zero-order valence-corrected chi connectivity index (χ0v) is 13.8. The van der Waals surface area contributed by atoms with E-state index in [0.717, 1.165) is 47.5 Å². The summed E-state index contributed by atoms with van der Waals surface area (Å²) >= 11 is 3.46. The molecule has 0 radical (unpaired) electrons. The van der Waals surface area contributed by atoms with Gasteiger partial charge in [0.2, 0.25) is 0 Å². The molecule has 4 nitrogen and oxygen atoms in total. The number of pyridine rings is 1. The Kier molecular flexibility index (Phi) is 4.48. The molecule has 0 saturated carbocycles. The minimum absolute atomic E-state index is 0.767. The van der Waals surface area contributed by atoms with Gasteiger partial charge in [-0.05, 0) is 54.1 Å². The fraction of sp³-hybridized carbons (Fsp3) is 0.438. The Morgan fingerprint density at radius 1 is 1.19 bits per heavy atom. The van der Waals surface area contributed by atoms with E-state index in [9.17, 15) is 0 Å². The van der Waals surface area contributed by atoms with Crippen molar-refractivity contribution in [3.8, 4) is 11.4 Å². The smallest absolute Gasteiger partial charge is 0.163 e. The number of anilines is 1. The largest absolute Gasteiger partial charge is 0.370 e. The SMILES string of the molecule is CCCNc1nc(-c2cncc(Br)c2)nc2c1CCCC2. The van der Waals surface area contributed by atoms with Gasteiger partial charge in [0.05, 0.1) is 0 Å². The third-order valence-corrected chi connectivity index (χ3v) is 4.12. The van der Waals surface area contributed by atoms with E-state index in [1.807, 2.05) is 12.3 Å². The number of aryl methyl sites for hydroxylation is 1. The highest BCUT2D eigenvalue weighted by Crippen LogP contribution is 2.28. The maximum absolute atomic E-state index is 4.78. The van der Waals surface area contributed by atoms with Crippen LogP contribution in [0.2, 0.25) is 0 Å². The lowest BCUT2D eigenvalue weighted by atomic mass is 9.96. The molecule has 0 aliphatic heterocycles. The van der Waals surface area contributed by atoms with Crippen LogP contribution in [-0.2, 0) is 12.8 Å². The number of hydrogen-bond donors (Lipinski definition) is 1. The van der Waals surface area contributed by atoms with Gasteiger partial charge in [0.15, 0.2) is 5.82 Å². The summed E-state index contributed by atoms with van der Waals surface area (Å²) in [7, 11) is 0. The summed E-state index contributed by atoms with van der Waals surface area (Å²) in [4.78, 5) is 13.8. The van der Waals surface area contributed by atoms with Gasteiger partial charge >= 0.3 is 0 Å². The van der Waals surface area contributed by atoms with Crippen molar-refractivity contribution in [1.29, 1.82) is 0 Å². The van der Waals surface area contributed by atoms with Crippen molar-refractivity contribution < 1.29 is 0 Å². The molecule has 0 bridgehead atoms. The molecule has 2 aromatic heterocycles. The normalized spacial score (nSPS) is 13.8. The lowest BCUT2D eigenvalue weighted by Gasteiger charge is -2.19. The highest BCUT2D eigenvalue weighted by molar-refractivity contribution is 9.10. The summed E-state index contributed by atoms with van der Waals surface area (Å²) in [5.41, 5.74) is 3.46. The molecule has 1 aliphatic carbocycles. The van der Waals surface area contributed by atoms with Crippen LogP contribution in [0.4, 0.5) is 5.82 Å². The van der Waals surface area contributed by atoms with Crippen LogP contribution in [0.3, 0.4) is 0 Å². The van der Waals surface area contributed by atoms with Gasteiger partial charge in [-0.15, -0.1) is 0 Å². The fourth-order valence-electron chi connectivity index (χ4n) is 2.65. The fourth-order valence-corrected chi connectivity index (χ4v) is 3.01. The van der Waals surface area contributed by atoms with Crippen molar-refractivity contribution in [2.24, 2.45) is 0 Å². The third-order valence-electron chi connectivity index (χ3n) is 3.69. The second kappa shape index (κ2) is 6.52. The quantitative estimate of drug-likeness (QED) is 0.908. The number of fused-ring (bicyclic) bond motifs is 1. The van der Waals surface area contributed by atoms with Crippen molar-refractivity contribution >= 4 is 21.7 Å². The molecule has 0 amide bonds. The summed E-state index contributed by atoms with van der Waals surface area (Å²) in [5, 5.41) is 3.46. The number of hydrogen-bond acceptors (Lipinski definition) is 4. The summed E-state index contributed by atoms with van der Waals surface area (Å²) in [6.07, 6.45) is 9.26. The first-order chi connectivity index (χ1) is 10.3. The van der Waals surface area contributed by atoms with Gasteiger partial charge in [0.25, 0.3) is 0 Å². The maximum Gasteiger partial charge on any atom is 0.163 e. The lowest BCUT2D eigenvalue weighted by molar-refractivity contribution is 0.664. The Hall–Kier alpha value is -1.49. The number of halogens is 1. The molecule has 0 unspecified atom stereocenters.